The van der Waals surface area contributed by atoms with E-state index in [-0.39, 0.29) is 10.8 Å². The molecule has 1 amide bonds. The summed E-state index contributed by atoms with van der Waals surface area (Å²) in [6.45, 7) is 3.95. The number of sulfonamides is 1. The van der Waals surface area contributed by atoms with Crippen molar-refractivity contribution < 1.29 is 13.2 Å². The van der Waals surface area contributed by atoms with Crippen LogP contribution in [0.15, 0.2) is 53.4 Å². The van der Waals surface area contributed by atoms with Crippen molar-refractivity contribution in [2.75, 3.05) is 42.7 Å². The molecule has 0 radical (unpaired) electrons. The Kier molecular flexibility index (Phi) is 6.44. The van der Waals surface area contributed by atoms with Crippen molar-refractivity contribution in [3.63, 3.8) is 0 Å². The van der Waals surface area contributed by atoms with Crippen LogP contribution in [0.3, 0.4) is 0 Å². The van der Waals surface area contributed by atoms with Gasteiger partial charge >= 0.3 is 0 Å². The smallest absolute Gasteiger partial charge is 0.246 e. The van der Waals surface area contributed by atoms with Gasteiger partial charge in [0, 0.05) is 44.2 Å². The topological polar surface area (TPSA) is 81.8 Å². The van der Waals surface area contributed by atoms with Crippen LogP contribution in [0.5, 0.6) is 0 Å². The third-order valence-electron chi connectivity index (χ3n) is 5.00. The van der Waals surface area contributed by atoms with Crippen LogP contribution in [-0.4, -0.2) is 51.9 Å². The van der Waals surface area contributed by atoms with Crippen molar-refractivity contribution in [1.29, 1.82) is 0 Å². The van der Waals surface area contributed by atoms with Crippen molar-refractivity contribution in [2.24, 2.45) is 0 Å². The molecule has 0 bridgehead atoms. The average molecular weight is 417 g/mol. The number of rotatable bonds is 7. The molecule has 0 unspecified atom stereocenters. The fourth-order valence-electron chi connectivity index (χ4n) is 3.25. The summed E-state index contributed by atoms with van der Waals surface area (Å²) in [6.07, 6.45) is 2.46. The highest BCUT2D eigenvalue weighted by molar-refractivity contribution is 7.89. The maximum absolute atomic E-state index is 12.5. The number of nitrogens with one attached hydrogen (secondary N) is 2. The molecule has 8 heteroatoms. The Hall–Kier alpha value is -2.58. The number of nitrogens with zero attached hydrogens (tertiary/aromatic N) is 2. The largest absolute Gasteiger partial charge is 0.374 e. The van der Waals surface area contributed by atoms with E-state index in [9.17, 15) is 13.2 Å². The summed E-state index contributed by atoms with van der Waals surface area (Å²) >= 11 is 0. The molecule has 1 heterocycles. The quantitative estimate of drug-likeness (QED) is 0.725. The zero-order valence-electron chi connectivity index (χ0n) is 17.1. The summed E-state index contributed by atoms with van der Waals surface area (Å²) in [7, 11) is -0.605. The first-order chi connectivity index (χ1) is 13.8. The lowest BCUT2D eigenvalue weighted by molar-refractivity contribution is -0.116. The third-order valence-corrected chi connectivity index (χ3v) is 6.81. The molecule has 0 spiro atoms. The molecular formula is C21H28N4O3S. The fourth-order valence-corrected chi connectivity index (χ4v) is 4.20. The molecule has 1 fully saturated rings. The Labute approximate surface area is 172 Å². The molecule has 1 saturated heterocycles. The Balaban J connectivity index is 1.62. The van der Waals surface area contributed by atoms with Gasteiger partial charge in [-0.25, -0.2) is 12.7 Å². The summed E-state index contributed by atoms with van der Waals surface area (Å²) in [5, 5.41) is 5.96. The van der Waals surface area contributed by atoms with Gasteiger partial charge in [0.1, 0.15) is 6.04 Å². The van der Waals surface area contributed by atoms with Gasteiger partial charge in [0.2, 0.25) is 15.9 Å². The Morgan fingerprint density at radius 2 is 1.69 bits per heavy atom. The fraction of sp³-hybridized carbons (Fsp3) is 0.381. The monoisotopic (exact) mass is 416 g/mol. The molecule has 0 aliphatic carbocycles. The van der Waals surface area contributed by atoms with E-state index in [2.05, 4.69) is 27.7 Å². The molecule has 156 valence electrons. The predicted octanol–water partition coefficient (Wildman–Crippen LogP) is 2.98. The van der Waals surface area contributed by atoms with Crippen molar-refractivity contribution in [2.45, 2.75) is 30.7 Å². The van der Waals surface area contributed by atoms with Gasteiger partial charge in [0.05, 0.1) is 4.90 Å². The molecule has 2 N–H and O–H groups in total. The summed E-state index contributed by atoms with van der Waals surface area (Å²) < 4.78 is 25.7. The average Bonchev–Trinajstić information content (AvgIpc) is 3.23. The van der Waals surface area contributed by atoms with Gasteiger partial charge < -0.3 is 15.5 Å². The molecule has 7 nitrogen and oxygen atoms in total. The normalized spacial score (nSPS) is 15.4. The standard InChI is InChI=1S/C21H28N4O3S/c1-16(22-17-9-11-19(12-10-17)25-13-4-5-14-25)21(26)23-18-7-6-8-20(15-18)29(27,28)24(2)3/h6-12,15-16,22H,4-5,13-14H2,1-3H3,(H,23,26)/t16-/m0/s1. The Bertz CT molecular complexity index is 952. The first kappa shape index (κ1) is 21.1. The van der Waals surface area contributed by atoms with Crippen LogP contribution in [0.1, 0.15) is 19.8 Å². The van der Waals surface area contributed by atoms with Gasteiger partial charge in [-0.15, -0.1) is 0 Å². The molecule has 3 rings (SSSR count). The van der Waals surface area contributed by atoms with Crippen LogP contribution in [0.25, 0.3) is 0 Å². The zero-order valence-corrected chi connectivity index (χ0v) is 17.9. The maximum Gasteiger partial charge on any atom is 0.246 e. The van der Waals surface area contributed by atoms with Gasteiger partial charge in [-0.2, -0.15) is 0 Å². The highest BCUT2D eigenvalue weighted by Gasteiger charge is 2.19. The van der Waals surface area contributed by atoms with Crippen molar-refractivity contribution in [1.82, 2.24) is 4.31 Å². The van der Waals surface area contributed by atoms with E-state index >= 15 is 0 Å². The highest BCUT2D eigenvalue weighted by atomic mass is 32.2. The number of carbonyl (C=O) groups excluding carboxylic acids is 1. The van der Waals surface area contributed by atoms with Crippen LogP contribution in [0, 0.1) is 0 Å². The van der Waals surface area contributed by atoms with E-state index in [1.54, 1.807) is 19.1 Å². The van der Waals surface area contributed by atoms with Gasteiger partial charge in [0.15, 0.2) is 0 Å². The number of benzene rings is 2. The van der Waals surface area contributed by atoms with E-state index in [1.165, 1.54) is 44.8 Å². The highest BCUT2D eigenvalue weighted by Crippen LogP contribution is 2.23. The van der Waals surface area contributed by atoms with Gasteiger partial charge in [-0.1, -0.05) is 6.07 Å². The molecule has 29 heavy (non-hydrogen) atoms. The second-order valence-electron chi connectivity index (χ2n) is 7.41. The van der Waals surface area contributed by atoms with Crippen LogP contribution < -0.4 is 15.5 Å². The number of anilines is 3. The molecule has 2 aromatic carbocycles. The van der Waals surface area contributed by atoms with Crippen molar-refractivity contribution in [3.8, 4) is 0 Å². The molecule has 1 atom stereocenters. The minimum absolute atomic E-state index is 0.137. The predicted molar refractivity (Wildman–Crippen MR) is 117 cm³/mol. The second kappa shape index (κ2) is 8.84. The second-order valence-corrected chi connectivity index (χ2v) is 9.56. The minimum atomic E-state index is -3.55. The summed E-state index contributed by atoms with van der Waals surface area (Å²) in [4.78, 5) is 15.0. The third kappa shape index (κ3) is 5.07. The van der Waals surface area contributed by atoms with E-state index in [0.717, 1.165) is 23.1 Å². The molecule has 0 aromatic heterocycles. The van der Waals surface area contributed by atoms with Gasteiger partial charge in [-0.05, 0) is 62.2 Å². The van der Waals surface area contributed by atoms with E-state index in [1.807, 2.05) is 12.1 Å². The number of carbonyl (C=O) groups is 1. The van der Waals surface area contributed by atoms with Crippen LogP contribution in [0.4, 0.5) is 17.1 Å². The van der Waals surface area contributed by atoms with E-state index in [0.29, 0.717) is 5.69 Å². The molecule has 2 aromatic rings. The summed E-state index contributed by atoms with van der Waals surface area (Å²) in [5.74, 6) is -0.243. The number of hydrogen-bond donors (Lipinski definition) is 2. The molecule has 1 aliphatic rings. The molecular weight excluding hydrogens is 388 g/mol. The lowest BCUT2D eigenvalue weighted by Crippen LogP contribution is -2.32. The van der Waals surface area contributed by atoms with E-state index < -0.39 is 16.1 Å². The van der Waals surface area contributed by atoms with Crippen molar-refractivity contribution in [3.05, 3.63) is 48.5 Å². The summed E-state index contributed by atoms with van der Waals surface area (Å²) in [6, 6.07) is 13.8. The minimum Gasteiger partial charge on any atom is -0.374 e. The van der Waals surface area contributed by atoms with Crippen LogP contribution in [-0.2, 0) is 14.8 Å². The lowest BCUT2D eigenvalue weighted by Gasteiger charge is -2.19. The Morgan fingerprint density at radius 1 is 1.03 bits per heavy atom. The first-order valence-corrected chi connectivity index (χ1v) is 11.2. The first-order valence-electron chi connectivity index (χ1n) is 9.72. The number of amides is 1. The zero-order chi connectivity index (χ0) is 21.0. The van der Waals surface area contributed by atoms with E-state index in [4.69, 9.17) is 0 Å². The number of hydrogen-bond acceptors (Lipinski definition) is 5. The molecule has 0 saturated carbocycles. The van der Waals surface area contributed by atoms with Crippen LogP contribution >= 0.6 is 0 Å². The van der Waals surface area contributed by atoms with Crippen molar-refractivity contribution >= 4 is 33.0 Å². The lowest BCUT2D eigenvalue weighted by atomic mass is 10.2. The van der Waals surface area contributed by atoms with Gasteiger partial charge in [0.25, 0.3) is 0 Å². The SMILES string of the molecule is C[C@H](Nc1ccc(N2CCCC2)cc1)C(=O)Nc1cccc(S(=O)(=O)N(C)C)c1. The maximum atomic E-state index is 12.5. The van der Waals surface area contributed by atoms with Gasteiger partial charge in [-0.3, -0.25) is 4.79 Å². The molecule has 1 aliphatic heterocycles. The summed E-state index contributed by atoms with van der Waals surface area (Å²) in [5.41, 5.74) is 2.50. The Morgan fingerprint density at radius 3 is 2.31 bits per heavy atom. The van der Waals surface area contributed by atoms with Crippen LogP contribution in [0.2, 0.25) is 0 Å².